The van der Waals surface area contributed by atoms with Crippen molar-refractivity contribution in [2.75, 3.05) is 13.1 Å². The van der Waals surface area contributed by atoms with Crippen molar-refractivity contribution in [3.63, 3.8) is 0 Å². The van der Waals surface area contributed by atoms with Gasteiger partial charge in [0, 0.05) is 49.5 Å². The standard InChI is InChI=1S/C20H23N5O2/c1-14-10-22-19(17-4-3-7-21-11-17)25(14)12-16-5-8-24(9-6-16)20(26)18-15(2)23-13-27-18/h3-4,7,10-11,13,16H,5-6,8-9,12H2,1-2H3. The normalized spacial score (nSPS) is 15.3. The number of amides is 1. The first kappa shape index (κ1) is 17.5. The SMILES string of the molecule is Cc1ncoc1C(=O)N1CCC(Cn2c(C)cnc2-c2cccnc2)CC1. The van der Waals surface area contributed by atoms with Crippen molar-refractivity contribution in [1.29, 1.82) is 0 Å². The molecule has 1 aliphatic heterocycles. The highest BCUT2D eigenvalue weighted by Crippen LogP contribution is 2.25. The number of piperidine rings is 1. The molecule has 4 rings (SSSR count). The minimum absolute atomic E-state index is 0.0571. The van der Waals surface area contributed by atoms with Gasteiger partial charge in [-0.15, -0.1) is 0 Å². The van der Waals surface area contributed by atoms with Crippen molar-refractivity contribution in [2.45, 2.75) is 33.2 Å². The lowest BCUT2D eigenvalue weighted by Gasteiger charge is -2.32. The zero-order valence-corrected chi connectivity index (χ0v) is 15.6. The summed E-state index contributed by atoms with van der Waals surface area (Å²) in [6.45, 7) is 6.25. The van der Waals surface area contributed by atoms with Crippen molar-refractivity contribution in [2.24, 2.45) is 5.92 Å². The number of carbonyl (C=O) groups excluding carboxylic acids is 1. The second kappa shape index (κ2) is 7.34. The number of imidazole rings is 1. The molecule has 0 N–H and O–H groups in total. The van der Waals surface area contributed by atoms with Gasteiger partial charge in [0.05, 0.1) is 5.69 Å². The Kier molecular flexibility index (Phi) is 4.75. The predicted octanol–water partition coefficient (Wildman–Crippen LogP) is 3.10. The van der Waals surface area contributed by atoms with E-state index < -0.39 is 0 Å². The number of hydrogen-bond donors (Lipinski definition) is 0. The highest BCUT2D eigenvalue weighted by atomic mass is 16.3. The van der Waals surface area contributed by atoms with Crippen LogP contribution in [0.1, 0.15) is 34.8 Å². The topological polar surface area (TPSA) is 77.0 Å². The smallest absolute Gasteiger partial charge is 0.291 e. The largest absolute Gasteiger partial charge is 0.438 e. The molecule has 0 atom stereocenters. The van der Waals surface area contributed by atoms with Crippen LogP contribution < -0.4 is 0 Å². The van der Waals surface area contributed by atoms with Gasteiger partial charge in [-0.05, 0) is 44.7 Å². The molecule has 3 aromatic rings. The number of oxazole rings is 1. The summed E-state index contributed by atoms with van der Waals surface area (Å²) in [5.41, 5.74) is 2.82. The Hall–Kier alpha value is -2.96. The van der Waals surface area contributed by atoms with Gasteiger partial charge in [0.1, 0.15) is 5.82 Å². The number of nitrogens with zero attached hydrogens (tertiary/aromatic N) is 5. The first-order chi connectivity index (χ1) is 13.1. The van der Waals surface area contributed by atoms with E-state index in [0.29, 0.717) is 17.4 Å². The van der Waals surface area contributed by atoms with Crippen LogP contribution in [0, 0.1) is 19.8 Å². The van der Waals surface area contributed by atoms with E-state index in [1.54, 1.807) is 13.1 Å². The van der Waals surface area contributed by atoms with Crippen LogP contribution in [0.4, 0.5) is 0 Å². The number of aromatic nitrogens is 4. The summed E-state index contributed by atoms with van der Waals surface area (Å²) in [5, 5.41) is 0. The molecule has 27 heavy (non-hydrogen) atoms. The van der Waals surface area contributed by atoms with Gasteiger partial charge in [-0.1, -0.05) is 0 Å². The summed E-state index contributed by atoms with van der Waals surface area (Å²) in [5.74, 6) is 1.76. The molecule has 1 aliphatic rings. The molecule has 0 aromatic carbocycles. The molecule has 0 bridgehead atoms. The summed E-state index contributed by atoms with van der Waals surface area (Å²) >= 11 is 0. The minimum Gasteiger partial charge on any atom is -0.438 e. The molecular weight excluding hydrogens is 342 g/mol. The maximum atomic E-state index is 12.6. The predicted molar refractivity (Wildman–Crippen MR) is 100 cm³/mol. The quantitative estimate of drug-likeness (QED) is 0.710. The maximum Gasteiger partial charge on any atom is 0.291 e. The average molecular weight is 365 g/mol. The van der Waals surface area contributed by atoms with Crippen LogP contribution in [0.3, 0.4) is 0 Å². The van der Waals surface area contributed by atoms with Crippen molar-refractivity contribution in [3.05, 3.63) is 54.3 Å². The molecule has 4 heterocycles. The second-order valence-corrected chi connectivity index (χ2v) is 7.08. The van der Waals surface area contributed by atoms with Gasteiger partial charge in [0.15, 0.2) is 6.39 Å². The number of rotatable bonds is 4. The molecule has 1 fully saturated rings. The van der Waals surface area contributed by atoms with Crippen LogP contribution in [0.25, 0.3) is 11.4 Å². The molecule has 1 amide bonds. The number of aryl methyl sites for hydroxylation is 2. The van der Waals surface area contributed by atoms with Gasteiger partial charge >= 0.3 is 0 Å². The Morgan fingerprint density at radius 1 is 1.22 bits per heavy atom. The zero-order chi connectivity index (χ0) is 18.8. The van der Waals surface area contributed by atoms with E-state index in [9.17, 15) is 4.79 Å². The Morgan fingerprint density at radius 3 is 2.70 bits per heavy atom. The highest BCUT2D eigenvalue weighted by molar-refractivity contribution is 5.92. The van der Waals surface area contributed by atoms with E-state index in [-0.39, 0.29) is 5.91 Å². The van der Waals surface area contributed by atoms with Gasteiger partial charge in [-0.3, -0.25) is 9.78 Å². The Balaban J connectivity index is 1.42. The third-order valence-corrected chi connectivity index (χ3v) is 5.26. The van der Waals surface area contributed by atoms with Gasteiger partial charge < -0.3 is 13.9 Å². The summed E-state index contributed by atoms with van der Waals surface area (Å²) in [7, 11) is 0. The van der Waals surface area contributed by atoms with Crippen LogP contribution in [0.15, 0.2) is 41.5 Å². The molecule has 1 saturated heterocycles. The molecular formula is C20H23N5O2. The van der Waals surface area contributed by atoms with Crippen LogP contribution in [-0.2, 0) is 6.54 Å². The van der Waals surface area contributed by atoms with Crippen molar-refractivity contribution in [1.82, 2.24) is 24.4 Å². The fourth-order valence-corrected chi connectivity index (χ4v) is 3.64. The molecule has 0 unspecified atom stereocenters. The number of likely N-dealkylation sites (tertiary alicyclic amines) is 1. The highest BCUT2D eigenvalue weighted by Gasteiger charge is 2.27. The molecule has 7 nitrogen and oxygen atoms in total. The molecule has 140 valence electrons. The molecule has 0 aliphatic carbocycles. The Labute approximate surface area is 158 Å². The van der Waals surface area contributed by atoms with E-state index in [2.05, 4.69) is 26.4 Å². The second-order valence-electron chi connectivity index (χ2n) is 7.08. The molecule has 3 aromatic heterocycles. The van der Waals surface area contributed by atoms with Crippen LogP contribution in [0.5, 0.6) is 0 Å². The first-order valence-electron chi connectivity index (χ1n) is 9.25. The Morgan fingerprint density at radius 2 is 2.04 bits per heavy atom. The minimum atomic E-state index is -0.0571. The molecule has 0 spiro atoms. The van der Waals surface area contributed by atoms with Gasteiger partial charge in [0.25, 0.3) is 5.91 Å². The maximum absolute atomic E-state index is 12.6. The third kappa shape index (κ3) is 3.49. The van der Waals surface area contributed by atoms with Crippen molar-refractivity contribution >= 4 is 5.91 Å². The average Bonchev–Trinajstić information content (AvgIpc) is 3.28. The van der Waals surface area contributed by atoms with Gasteiger partial charge in [0.2, 0.25) is 5.76 Å². The van der Waals surface area contributed by atoms with Crippen molar-refractivity contribution < 1.29 is 9.21 Å². The van der Waals surface area contributed by atoms with E-state index >= 15 is 0 Å². The summed E-state index contributed by atoms with van der Waals surface area (Å²) in [6.07, 6.45) is 8.78. The lowest BCUT2D eigenvalue weighted by atomic mass is 9.96. The monoisotopic (exact) mass is 365 g/mol. The third-order valence-electron chi connectivity index (χ3n) is 5.26. The molecule has 0 saturated carbocycles. The van der Waals surface area contributed by atoms with E-state index in [0.717, 1.165) is 49.6 Å². The molecule has 7 heteroatoms. The zero-order valence-electron chi connectivity index (χ0n) is 15.6. The number of carbonyl (C=O) groups is 1. The first-order valence-corrected chi connectivity index (χ1v) is 9.25. The summed E-state index contributed by atoms with van der Waals surface area (Å²) in [4.78, 5) is 27.2. The van der Waals surface area contributed by atoms with Gasteiger partial charge in [-0.2, -0.15) is 0 Å². The van der Waals surface area contributed by atoms with Crippen molar-refractivity contribution in [3.8, 4) is 11.4 Å². The lowest BCUT2D eigenvalue weighted by Crippen LogP contribution is -2.39. The fourth-order valence-electron chi connectivity index (χ4n) is 3.64. The van der Waals surface area contributed by atoms with E-state index in [1.807, 2.05) is 29.4 Å². The Bertz CT molecular complexity index is 923. The summed E-state index contributed by atoms with van der Waals surface area (Å²) in [6, 6.07) is 3.96. The van der Waals surface area contributed by atoms with E-state index in [4.69, 9.17) is 4.42 Å². The van der Waals surface area contributed by atoms with Gasteiger partial charge in [-0.25, -0.2) is 9.97 Å². The number of pyridine rings is 1. The van der Waals surface area contributed by atoms with Crippen LogP contribution in [0.2, 0.25) is 0 Å². The fraction of sp³-hybridized carbons (Fsp3) is 0.400. The van der Waals surface area contributed by atoms with Crippen LogP contribution >= 0.6 is 0 Å². The van der Waals surface area contributed by atoms with E-state index in [1.165, 1.54) is 6.39 Å². The molecule has 0 radical (unpaired) electrons. The van der Waals surface area contributed by atoms with Crippen LogP contribution in [-0.4, -0.2) is 43.4 Å². The number of hydrogen-bond acceptors (Lipinski definition) is 5. The lowest BCUT2D eigenvalue weighted by molar-refractivity contribution is 0.0650. The summed E-state index contributed by atoms with van der Waals surface area (Å²) < 4.78 is 7.51.